The lowest BCUT2D eigenvalue weighted by Gasteiger charge is -2.45. The molecule has 0 bridgehead atoms. The Hall–Kier alpha value is -0.380. The Morgan fingerprint density at radius 2 is 2.06 bits per heavy atom. The Morgan fingerprint density at radius 3 is 2.50 bits per heavy atom. The van der Waals surface area contributed by atoms with Gasteiger partial charge in [0.05, 0.1) is 6.61 Å². The van der Waals surface area contributed by atoms with Gasteiger partial charge in [0.2, 0.25) is 5.91 Å². The number of hydrogen-bond donors (Lipinski definition) is 6. The summed E-state index contributed by atoms with van der Waals surface area (Å²) in [5, 5.41) is 40.0. The fourth-order valence-electron chi connectivity index (χ4n) is 1.51. The second-order valence-electron chi connectivity index (χ2n) is 3.67. The van der Waals surface area contributed by atoms with Gasteiger partial charge < -0.3 is 30.5 Å². The molecule has 1 amide bonds. The van der Waals surface area contributed by atoms with E-state index in [1.807, 2.05) is 0 Å². The van der Waals surface area contributed by atoms with Gasteiger partial charge in [-0.05, 0) is 0 Å². The molecule has 0 radical (unpaired) electrons. The molecule has 1 saturated heterocycles. The summed E-state index contributed by atoms with van der Waals surface area (Å²) in [6.07, 6.45) is -4.59. The summed E-state index contributed by atoms with van der Waals surface area (Å²) in [4.78, 5) is 9.05. The molecule has 0 aromatic heterocycles. The Kier molecular flexibility index (Phi) is 4.16. The molecule has 7 nitrogen and oxygen atoms in total. The topological polar surface area (TPSA) is 119 Å². The van der Waals surface area contributed by atoms with Crippen LogP contribution in [0.2, 0.25) is 0 Å². The third kappa shape index (κ3) is 2.47. The van der Waals surface area contributed by atoms with Crippen LogP contribution in [0.1, 0.15) is 6.92 Å². The minimum atomic E-state index is -1.76. The molecule has 5 N–H and O–H groups in total. The van der Waals surface area contributed by atoms with Gasteiger partial charge in [-0.3, -0.25) is 4.79 Å². The molecule has 0 saturated carbocycles. The maximum absolute atomic E-state index is 10.8. The average molecular weight is 253 g/mol. The number of hydrogen-bond acceptors (Lipinski definition) is 7. The molecular formula is C8H15NO6S. The van der Waals surface area contributed by atoms with E-state index in [1.165, 1.54) is 6.92 Å². The number of carbonyl (C=O) groups excluding carboxylic acids is 1. The Labute approximate surface area is 97.4 Å². The second-order valence-corrected chi connectivity index (χ2v) is 4.43. The van der Waals surface area contributed by atoms with Crippen LogP contribution in [0.4, 0.5) is 0 Å². The Balaban J connectivity index is 2.83. The lowest BCUT2D eigenvalue weighted by atomic mass is 9.96. The van der Waals surface area contributed by atoms with E-state index in [0.29, 0.717) is 0 Å². The van der Waals surface area contributed by atoms with Gasteiger partial charge in [-0.2, -0.15) is 0 Å². The highest BCUT2D eigenvalue weighted by Gasteiger charge is 2.51. The van der Waals surface area contributed by atoms with Gasteiger partial charge in [0.25, 0.3) is 0 Å². The fourth-order valence-corrected chi connectivity index (χ4v) is 1.77. The SMILES string of the molecule is CC(=O)N[C@@H]1[C@@H](O)[C@H](O)[C@](S)(CO)O[C@H]1O. The van der Waals surface area contributed by atoms with Gasteiger partial charge in [0.1, 0.15) is 18.2 Å². The van der Waals surface area contributed by atoms with Crippen LogP contribution in [0.15, 0.2) is 0 Å². The lowest BCUT2D eigenvalue weighted by molar-refractivity contribution is -0.266. The largest absolute Gasteiger partial charge is 0.392 e. The van der Waals surface area contributed by atoms with E-state index in [-0.39, 0.29) is 0 Å². The molecule has 16 heavy (non-hydrogen) atoms. The fraction of sp³-hybridized carbons (Fsp3) is 0.875. The number of rotatable bonds is 2. The zero-order valence-electron chi connectivity index (χ0n) is 8.57. The molecule has 1 heterocycles. The van der Waals surface area contributed by atoms with Crippen molar-refractivity contribution in [1.82, 2.24) is 5.32 Å². The maximum Gasteiger partial charge on any atom is 0.217 e. The Morgan fingerprint density at radius 1 is 1.50 bits per heavy atom. The summed E-state index contributed by atoms with van der Waals surface area (Å²) in [5.41, 5.74) is 0. The first-order valence-corrected chi connectivity index (χ1v) is 5.09. The highest BCUT2D eigenvalue weighted by molar-refractivity contribution is 7.81. The van der Waals surface area contributed by atoms with Gasteiger partial charge in [-0.15, -0.1) is 12.6 Å². The molecule has 0 aromatic rings. The number of nitrogens with one attached hydrogen (secondary N) is 1. The van der Waals surface area contributed by atoms with Crippen molar-refractivity contribution in [3.8, 4) is 0 Å². The molecule has 0 spiro atoms. The van der Waals surface area contributed by atoms with Gasteiger partial charge >= 0.3 is 0 Å². The van der Waals surface area contributed by atoms with Crippen molar-refractivity contribution in [3.05, 3.63) is 0 Å². The lowest BCUT2D eigenvalue weighted by Crippen LogP contribution is -2.67. The summed E-state index contributed by atoms with van der Waals surface area (Å²) in [7, 11) is 0. The van der Waals surface area contributed by atoms with Crippen LogP contribution in [0.5, 0.6) is 0 Å². The first-order valence-electron chi connectivity index (χ1n) is 4.64. The van der Waals surface area contributed by atoms with Crippen molar-refractivity contribution in [2.24, 2.45) is 0 Å². The van der Waals surface area contributed by atoms with Crippen molar-refractivity contribution >= 4 is 18.5 Å². The van der Waals surface area contributed by atoms with Crippen LogP contribution in [-0.2, 0) is 9.53 Å². The van der Waals surface area contributed by atoms with Crippen molar-refractivity contribution in [3.63, 3.8) is 0 Å². The highest BCUT2D eigenvalue weighted by atomic mass is 32.1. The first-order chi connectivity index (χ1) is 7.31. The predicted octanol–water partition coefficient (Wildman–Crippen LogP) is -2.82. The van der Waals surface area contributed by atoms with E-state index in [9.17, 15) is 20.1 Å². The van der Waals surface area contributed by atoms with Gasteiger partial charge in [0.15, 0.2) is 11.2 Å². The molecule has 94 valence electrons. The average Bonchev–Trinajstić information content (AvgIpc) is 2.21. The van der Waals surface area contributed by atoms with E-state index >= 15 is 0 Å². The standard InChI is InChI=1S/C8H15NO6S/c1-3(11)9-4-5(12)6(13)8(16,2-10)15-7(4)14/h4-7,10,12-14,16H,2H2,1H3,(H,9,11)/t4-,5-,6+,7-,8-/m1/s1. The van der Waals surface area contributed by atoms with Crippen molar-refractivity contribution in [1.29, 1.82) is 0 Å². The summed E-state index contributed by atoms with van der Waals surface area (Å²) in [5.74, 6) is -0.491. The van der Waals surface area contributed by atoms with Crippen LogP contribution in [0.3, 0.4) is 0 Å². The molecule has 1 aliphatic rings. The normalized spacial score (nSPS) is 44.1. The predicted molar refractivity (Wildman–Crippen MR) is 55.5 cm³/mol. The third-order valence-corrected chi connectivity index (χ3v) is 2.89. The number of aliphatic hydroxyl groups is 4. The van der Waals surface area contributed by atoms with Gasteiger partial charge in [-0.25, -0.2) is 0 Å². The minimum Gasteiger partial charge on any atom is -0.392 e. The number of thiol groups is 1. The van der Waals surface area contributed by atoms with Crippen LogP contribution in [0, 0.1) is 0 Å². The number of aliphatic hydroxyl groups excluding tert-OH is 4. The zero-order valence-corrected chi connectivity index (χ0v) is 9.46. The summed E-state index contributed by atoms with van der Waals surface area (Å²) in [6.45, 7) is 0.499. The first kappa shape index (κ1) is 13.7. The second kappa shape index (κ2) is 4.86. The molecule has 0 unspecified atom stereocenters. The number of amides is 1. The molecule has 0 aliphatic carbocycles. The minimum absolute atomic E-state index is 0.491. The smallest absolute Gasteiger partial charge is 0.217 e. The van der Waals surface area contributed by atoms with E-state index in [4.69, 9.17) is 9.84 Å². The van der Waals surface area contributed by atoms with E-state index in [1.54, 1.807) is 0 Å². The summed E-state index contributed by atoms with van der Waals surface area (Å²) in [6, 6.07) is -1.17. The van der Waals surface area contributed by atoms with E-state index < -0.39 is 42.0 Å². The number of carbonyl (C=O) groups is 1. The molecule has 1 aliphatic heterocycles. The molecule has 0 aromatic carbocycles. The van der Waals surface area contributed by atoms with Crippen LogP contribution in [0.25, 0.3) is 0 Å². The Bertz CT molecular complexity index is 277. The van der Waals surface area contributed by atoms with Crippen LogP contribution < -0.4 is 5.32 Å². The van der Waals surface area contributed by atoms with Crippen molar-refractivity contribution in [2.45, 2.75) is 36.4 Å². The number of ether oxygens (including phenoxy) is 1. The van der Waals surface area contributed by atoms with Crippen LogP contribution >= 0.6 is 12.6 Å². The highest BCUT2D eigenvalue weighted by Crippen LogP contribution is 2.31. The third-order valence-electron chi connectivity index (χ3n) is 2.38. The zero-order chi connectivity index (χ0) is 12.5. The molecule has 8 heteroatoms. The quantitative estimate of drug-likeness (QED) is 0.295. The summed E-state index contributed by atoms with van der Waals surface area (Å²) < 4.78 is 4.86. The van der Waals surface area contributed by atoms with E-state index in [2.05, 4.69) is 17.9 Å². The van der Waals surface area contributed by atoms with Crippen molar-refractivity contribution < 1.29 is 30.0 Å². The maximum atomic E-state index is 10.8. The van der Waals surface area contributed by atoms with Crippen molar-refractivity contribution in [2.75, 3.05) is 6.61 Å². The van der Waals surface area contributed by atoms with E-state index in [0.717, 1.165) is 0 Å². The van der Waals surface area contributed by atoms with Gasteiger partial charge in [-0.1, -0.05) is 0 Å². The molecule has 5 atom stereocenters. The van der Waals surface area contributed by atoms with Crippen LogP contribution in [-0.4, -0.2) is 62.4 Å². The summed E-state index contributed by atoms with van der Waals surface area (Å²) >= 11 is 3.84. The molecular weight excluding hydrogens is 238 g/mol. The van der Waals surface area contributed by atoms with Gasteiger partial charge in [0, 0.05) is 6.92 Å². The monoisotopic (exact) mass is 253 g/mol. The molecule has 1 fully saturated rings. The molecule has 1 rings (SSSR count).